The number of ether oxygens (including phenoxy) is 2. The molecule has 0 aliphatic carbocycles. The lowest BCUT2D eigenvalue weighted by molar-refractivity contribution is -0.0501. The first-order valence-corrected chi connectivity index (χ1v) is 13.9. The summed E-state index contributed by atoms with van der Waals surface area (Å²) in [6, 6.07) is 0. The van der Waals surface area contributed by atoms with Crippen LogP contribution in [0.5, 0.6) is 0 Å². The third-order valence-corrected chi connectivity index (χ3v) is 7.72. The number of imidazole rings is 2. The Morgan fingerprint density at radius 1 is 0.659 bits per heavy atom. The average molecular weight is 619 g/mol. The molecule has 2 saturated heterocycles. The lowest BCUT2D eigenvalue weighted by Crippen LogP contribution is -2.33. The van der Waals surface area contributed by atoms with Crippen LogP contribution in [-0.4, -0.2) is 133 Å². The van der Waals surface area contributed by atoms with E-state index in [4.69, 9.17) is 20.9 Å². The zero-order valence-corrected chi connectivity index (χ0v) is 23.2. The molecule has 0 radical (unpaired) electrons. The van der Waals surface area contributed by atoms with E-state index in [1.54, 1.807) is 0 Å². The van der Waals surface area contributed by atoms with Gasteiger partial charge in [-0.05, 0) is 12.8 Å². The highest BCUT2D eigenvalue weighted by molar-refractivity contribution is 5.84. The smallest absolute Gasteiger partial charge is 0.207 e. The van der Waals surface area contributed by atoms with Crippen LogP contribution in [0.3, 0.4) is 0 Å². The minimum Gasteiger partial charge on any atom is -0.394 e. The molecule has 6 rings (SSSR count). The van der Waals surface area contributed by atoms with Crippen LogP contribution in [0, 0.1) is 0 Å². The molecule has 2 aliphatic heterocycles. The number of anilines is 4. The molecule has 0 aromatic carbocycles. The molecule has 44 heavy (non-hydrogen) atoms. The van der Waals surface area contributed by atoms with Crippen LogP contribution in [0.4, 0.5) is 23.5 Å². The number of hydrogen-bond donors (Lipinski definition) is 10. The zero-order chi connectivity index (χ0) is 31.1. The number of aliphatic hydroxyl groups is 6. The molecule has 20 nitrogen and oxygen atoms in total. The number of aliphatic hydroxyl groups excluding tert-OH is 6. The minimum absolute atomic E-state index is 0.121. The largest absolute Gasteiger partial charge is 0.394 e. The summed E-state index contributed by atoms with van der Waals surface area (Å²) in [4.78, 5) is 25.4. The van der Waals surface area contributed by atoms with Crippen molar-refractivity contribution in [2.24, 2.45) is 0 Å². The van der Waals surface area contributed by atoms with Gasteiger partial charge < -0.3 is 62.2 Å². The zero-order valence-electron chi connectivity index (χ0n) is 23.2. The van der Waals surface area contributed by atoms with Gasteiger partial charge in [-0.1, -0.05) is 0 Å². The molecule has 12 N–H and O–H groups in total. The van der Waals surface area contributed by atoms with Gasteiger partial charge in [-0.2, -0.15) is 0 Å². The van der Waals surface area contributed by atoms with Crippen molar-refractivity contribution in [2.75, 3.05) is 48.4 Å². The van der Waals surface area contributed by atoms with E-state index in [0.717, 1.165) is 0 Å². The molecule has 2 fully saturated rings. The lowest BCUT2D eigenvalue weighted by Gasteiger charge is -2.20. The second-order valence-electron chi connectivity index (χ2n) is 10.5. The van der Waals surface area contributed by atoms with Gasteiger partial charge in [0.05, 0.1) is 13.2 Å². The second kappa shape index (κ2) is 12.2. The number of nitrogen functional groups attached to an aromatic ring is 2. The molecule has 20 heteroatoms. The Morgan fingerprint density at radius 2 is 1.07 bits per heavy atom. The summed E-state index contributed by atoms with van der Waals surface area (Å²) in [5.74, 6) is 0.788. The standard InChI is InChI=1S/C24H34N12O8/c25-17-11-19(31-7-29-17)35(21-15(41)13(39)9(5-37)43-21)23(33-11)27-3-1-2-4-28-24-34-12-18(26)30-8-32-20(12)36(24)22-16(42)14(40)10(6-38)44-22/h7-10,13-16,21-22,37-42H,1-6H2,(H,27,33)(H,28,34)(H2,25,29,31)(H2,26,30,32)/t9-,10-,13-,14+,15+,16+,21-,22-/m1/s1. The van der Waals surface area contributed by atoms with Crippen LogP contribution >= 0.6 is 0 Å². The van der Waals surface area contributed by atoms with Crippen molar-refractivity contribution in [1.29, 1.82) is 0 Å². The van der Waals surface area contributed by atoms with E-state index in [9.17, 15) is 30.6 Å². The van der Waals surface area contributed by atoms with Gasteiger partial charge in [0.25, 0.3) is 0 Å². The molecule has 8 atom stereocenters. The van der Waals surface area contributed by atoms with Gasteiger partial charge in [0, 0.05) is 13.1 Å². The molecule has 238 valence electrons. The molecule has 6 heterocycles. The van der Waals surface area contributed by atoms with E-state index in [1.165, 1.54) is 21.8 Å². The van der Waals surface area contributed by atoms with Crippen LogP contribution in [0.15, 0.2) is 12.7 Å². The summed E-state index contributed by atoms with van der Waals surface area (Å²) in [6.07, 6.45) is -5.81. The molecule has 0 saturated carbocycles. The molecule has 0 spiro atoms. The van der Waals surface area contributed by atoms with Crippen LogP contribution in [0.1, 0.15) is 25.3 Å². The van der Waals surface area contributed by atoms with Crippen LogP contribution in [0.25, 0.3) is 22.3 Å². The van der Waals surface area contributed by atoms with Gasteiger partial charge in [0.15, 0.2) is 46.4 Å². The normalized spacial score (nSPS) is 28.8. The van der Waals surface area contributed by atoms with Gasteiger partial charge >= 0.3 is 0 Å². The summed E-state index contributed by atoms with van der Waals surface area (Å²) < 4.78 is 14.4. The Morgan fingerprint density at radius 3 is 1.43 bits per heavy atom. The van der Waals surface area contributed by atoms with E-state index >= 15 is 0 Å². The lowest BCUT2D eigenvalue weighted by atomic mass is 10.1. The highest BCUT2D eigenvalue weighted by atomic mass is 16.6. The fraction of sp³-hybridized carbons (Fsp3) is 0.583. The second-order valence-corrected chi connectivity index (χ2v) is 10.5. The van der Waals surface area contributed by atoms with Crippen LogP contribution in [0.2, 0.25) is 0 Å². The first-order valence-electron chi connectivity index (χ1n) is 13.9. The third kappa shape index (κ3) is 5.09. The predicted molar refractivity (Wildman–Crippen MR) is 152 cm³/mol. The number of nitrogens with zero attached hydrogens (tertiary/aromatic N) is 8. The third-order valence-electron chi connectivity index (χ3n) is 7.72. The van der Waals surface area contributed by atoms with Crippen molar-refractivity contribution in [3.05, 3.63) is 12.7 Å². The van der Waals surface area contributed by atoms with Gasteiger partial charge in [-0.25, -0.2) is 29.9 Å². The number of aromatic nitrogens is 8. The molecule has 4 aromatic rings. The Hall–Kier alpha value is -4.02. The molecule has 0 bridgehead atoms. The van der Waals surface area contributed by atoms with E-state index < -0.39 is 62.3 Å². The predicted octanol–water partition coefficient (Wildman–Crippen LogP) is -3.34. The molecular weight excluding hydrogens is 584 g/mol. The maximum Gasteiger partial charge on any atom is 0.207 e. The average Bonchev–Trinajstić information content (AvgIpc) is 3.73. The van der Waals surface area contributed by atoms with E-state index in [0.29, 0.717) is 25.9 Å². The first kappa shape index (κ1) is 30.0. The van der Waals surface area contributed by atoms with Crippen molar-refractivity contribution in [2.45, 2.75) is 61.9 Å². The van der Waals surface area contributed by atoms with Crippen molar-refractivity contribution >= 4 is 45.9 Å². The summed E-state index contributed by atoms with van der Waals surface area (Å²) in [6.45, 7) is -0.154. The Kier molecular flexibility index (Phi) is 8.30. The van der Waals surface area contributed by atoms with Crippen LogP contribution < -0.4 is 22.1 Å². The van der Waals surface area contributed by atoms with Gasteiger partial charge in [0.1, 0.15) is 49.3 Å². The number of hydrogen-bond acceptors (Lipinski definition) is 18. The molecular formula is C24H34N12O8. The highest BCUT2D eigenvalue weighted by Crippen LogP contribution is 2.36. The van der Waals surface area contributed by atoms with Gasteiger partial charge in [0.2, 0.25) is 11.9 Å². The molecule has 4 aromatic heterocycles. The fourth-order valence-electron chi connectivity index (χ4n) is 5.42. The summed E-state index contributed by atoms with van der Waals surface area (Å²) in [5, 5.41) is 67.3. The van der Waals surface area contributed by atoms with Crippen molar-refractivity contribution in [3.8, 4) is 0 Å². The SMILES string of the molecule is Nc1ncnc2c1nc(NCCCCNc1nc3c(N)ncnc3n1[C@@H]1O[C@H](CO)[C@@H](O)[C@@H]1O)n2[C@@H]1O[C@H](CO)[C@H](O)[C@@H]1O. The minimum atomic E-state index is -1.36. The number of nitrogens with two attached hydrogens (primary N) is 2. The summed E-state index contributed by atoms with van der Waals surface area (Å²) in [5.41, 5.74) is 13.1. The molecule has 0 amide bonds. The Labute approximate surface area is 248 Å². The molecule has 2 aliphatic rings. The topological polar surface area (TPSA) is 303 Å². The quantitative estimate of drug-likeness (QED) is 0.0734. The van der Waals surface area contributed by atoms with Crippen molar-refractivity contribution in [1.82, 2.24) is 39.0 Å². The van der Waals surface area contributed by atoms with Crippen molar-refractivity contribution in [3.63, 3.8) is 0 Å². The van der Waals surface area contributed by atoms with Gasteiger partial charge in [-0.3, -0.25) is 9.13 Å². The maximum atomic E-state index is 10.6. The number of rotatable bonds is 11. The monoisotopic (exact) mass is 618 g/mol. The van der Waals surface area contributed by atoms with E-state index in [1.807, 2.05) is 0 Å². The van der Waals surface area contributed by atoms with Gasteiger partial charge in [-0.15, -0.1) is 0 Å². The highest BCUT2D eigenvalue weighted by Gasteiger charge is 2.46. The molecule has 0 unspecified atom stereocenters. The first-order chi connectivity index (χ1) is 21.2. The number of fused-ring (bicyclic) bond motifs is 2. The summed E-state index contributed by atoms with van der Waals surface area (Å²) >= 11 is 0. The Balaban J connectivity index is 1.14. The maximum absolute atomic E-state index is 10.6. The van der Waals surface area contributed by atoms with E-state index in [2.05, 4.69) is 40.5 Å². The number of unbranched alkanes of at least 4 members (excludes halogenated alkanes) is 1. The van der Waals surface area contributed by atoms with E-state index in [-0.39, 0.29) is 45.9 Å². The Bertz CT molecular complexity index is 1500. The number of nitrogens with one attached hydrogen (secondary N) is 2. The fourth-order valence-corrected chi connectivity index (χ4v) is 5.42. The summed E-state index contributed by atoms with van der Waals surface area (Å²) in [7, 11) is 0. The van der Waals surface area contributed by atoms with Crippen molar-refractivity contribution < 1.29 is 40.1 Å². The van der Waals surface area contributed by atoms with Crippen LogP contribution in [-0.2, 0) is 9.47 Å².